The predicted molar refractivity (Wildman–Crippen MR) is 100 cm³/mol. The Morgan fingerprint density at radius 1 is 1.19 bits per heavy atom. The molecule has 1 atom stereocenters. The molecule has 2 amide bonds. The van der Waals surface area contributed by atoms with Gasteiger partial charge in [-0.2, -0.15) is 0 Å². The van der Waals surface area contributed by atoms with E-state index in [2.05, 4.69) is 17.2 Å². The maximum atomic E-state index is 13.0. The molecule has 2 saturated heterocycles. The molecule has 4 rings (SSSR count). The summed E-state index contributed by atoms with van der Waals surface area (Å²) >= 11 is 0. The van der Waals surface area contributed by atoms with Crippen LogP contribution in [0.3, 0.4) is 0 Å². The average molecular weight is 367 g/mol. The van der Waals surface area contributed by atoms with Crippen LogP contribution < -0.4 is 0 Å². The topological polar surface area (TPSA) is 71.3 Å². The lowest BCUT2D eigenvalue weighted by molar-refractivity contribution is -0.145. The summed E-state index contributed by atoms with van der Waals surface area (Å²) in [4.78, 5) is 29.7. The van der Waals surface area contributed by atoms with E-state index in [9.17, 15) is 9.59 Å². The first-order valence-corrected chi connectivity index (χ1v) is 9.69. The average Bonchev–Trinajstić information content (AvgIpc) is 3.35. The van der Waals surface area contributed by atoms with Crippen LogP contribution in [0.2, 0.25) is 0 Å². The fourth-order valence-corrected chi connectivity index (χ4v) is 4.29. The highest BCUT2D eigenvalue weighted by Crippen LogP contribution is 2.40. The van der Waals surface area contributed by atoms with Crippen LogP contribution in [0.4, 0.5) is 0 Å². The van der Waals surface area contributed by atoms with Gasteiger partial charge in [0.25, 0.3) is 5.91 Å². The van der Waals surface area contributed by atoms with E-state index in [1.807, 2.05) is 35.2 Å². The molecule has 2 aliphatic rings. The van der Waals surface area contributed by atoms with Crippen molar-refractivity contribution in [3.63, 3.8) is 0 Å². The molecule has 1 aromatic heterocycles. The minimum atomic E-state index is -0.404. The van der Waals surface area contributed by atoms with Gasteiger partial charge in [-0.25, -0.2) is 4.68 Å². The molecule has 0 bridgehead atoms. The zero-order valence-corrected chi connectivity index (χ0v) is 15.7. The molecular weight excluding hydrogens is 342 g/mol. The van der Waals surface area contributed by atoms with Crippen molar-refractivity contribution >= 4 is 11.8 Å². The Morgan fingerprint density at radius 2 is 2.00 bits per heavy atom. The molecule has 7 heteroatoms. The molecule has 0 aliphatic carbocycles. The van der Waals surface area contributed by atoms with Gasteiger partial charge >= 0.3 is 0 Å². The number of benzene rings is 1. The minimum Gasteiger partial charge on any atom is -0.342 e. The third kappa shape index (κ3) is 3.22. The lowest BCUT2D eigenvalue weighted by Crippen LogP contribution is -2.50. The van der Waals surface area contributed by atoms with Crippen molar-refractivity contribution in [3.8, 4) is 5.69 Å². The predicted octanol–water partition coefficient (Wildman–Crippen LogP) is 2.13. The van der Waals surface area contributed by atoms with Crippen LogP contribution in [-0.4, -0.2) is 62.8 Å². The van der Waals surface area contributed by atoms with Crippen LogP contribution >= 0.6 is 0 Å². The van der Waals surface area contributed by atoms with E-state index in [-0.39, 0.29) is 11.8 Å². The number of amides is 2. The molecule has 0 N–H and O–H groups in total. The maximum Gasteiger partial charge on any atom is 0.276 e. The second kappa shape index (κ2) is 7.13. The van der Waals surface area contributed by atoms with Gasteiger partial charge in [-0.1, -0.05) is 30.3 Å². The van der Waals surface area contributed by atoms with Crippen LogP contribution in [0.15, 0.2) is 36.5 Å². The smallest absolute Gasteiger partial charge is 0.276 e. The van der Waals surface area contributed by atoms with Crippen molar-refractivity contribution in [1.82, 2.24) is 24.8 Å². The number of hydrogen-bond acceptors (Lipinski definition) is 4. The molecule has 2 fully saturated rings. The Labute approximate surface area is 158 Å². The number of rotatable bonds is 4. The van der Waals surface area contributed by atoms with Crippen molar-refractivity contribution in [2.75, 3.05) is 26.2 Å². The summed E-state index contributed by atoms with van der Waals surface area (Å²) in [7, 11) is 0. The minimum absolute atomic E-state index is 0.144. The summed E-state index contributed by atoms with van der Waals surface area (Å²) in [6.45, 7) is 4.83. The third-order valence-electron chi connectivity index (χ3n) is 5.69. The zero-order chi connectivity index (χ0) is 18.9. The van der Waals surface area contributed by atoms with Gasteiger partial charge in [0.1, 0.15) is 0 Å². The molecule has 7 nitrogen and oxygen atoms in total. The molecule has 1 spiro atoms. The van der Waals surface area contributed by atoms with Crippen molar-refractivity contribution < 1.29 is 9.59 Å². The van der Waals surface area contributed by atoms with Crippen molar-refractivity contribution in [1.29, 1.82) is 0 Å². The highest BCUT2D eigenvalue weighted by molar-refractivity contribution is 5.93. The van der Waals surface area contributed by atoms with Gasteiger partial charge in [-0.3, -0.25) is 9.59 Å². The zero-order valence-electron chi connectivity index (χ0n) is 15.7. The first-order chi connectivity index (χ1) is 13.1. The first-order valence-electron chi connectivity index (χ1n) is 9.69. The number of hydrogen-bond donors (Lipinski definition) is 0. The van der Waals surface area contributed by atoms with E-state index >= 15 is 0 Å². The molecule has 2 aliphatic heterocycles. The van der Waals surface area contributed by atoms with E-state index in [4.69, 9.17) is 0 Å². The molecule has 3 heterocycles. The van der Waals surface area contributed by atoms with Crippen LogP contribution in [0, 0.1) is 5.41 Å². The molecular formula is C20H25N5O2. The number of carbonyl (C=O) groups excluding carboxylic acids is 2. The lowest BCUT2D eigenvalue weighted by Gasteiger charge is -2.39. The monoisotopic (exact) mass is 367 g/mol. The molecule has 1 unspecified atom stereocenters. The van der Waals surface area contributed by atoms with Gasteiger partial charge in [-0.05, 0) is 37.8 Å². The maximum absolute atomic E-state index is 13.0. The molecule has 0 radical (unpaired) electrons. The number of carbonyl (C=O) groups is 2. The van der Waals surface area contributed by atoms with E-state index in [1.165, 1.54) is 0 Å². The van der Waals surface area contributed by atoms with E-state index in [1.54, 1.807) is 15.8 Å². The van der Waals surface area contributed by atoms with E-state index in [0.29, 0.717) is 18.8 Å². The normalized spacial score (nSPS) is 22.6. The number of para-hydroxylation sites is 1. The fourth-order valence-electron chi connectivity index (χ4n) is 4.29. The standard InChI is InChI=1S/C20H25N5O2/c1-2-11-23-12-6-9-20(19(23)27)10-13-24(15-20)18(26)17-14-25(22-21-17)16-7-4-3-5-8-16/h3-5,7-8,14H,2,6,9-13,15H2,1H3. The Kier molecular flexibility index (Phi) is 4.68. The Balaban J connectivity index is 1.48. The second-order valence-electron chi connectivity index (χ2n) is 7.54. The first kappa shape index (κ1) is 17.7. The quantitative estimate of drug-likeness (QED) is 0.830. The van der Waals surface area contributed by atoms with Gasteiger partial charge < -0.3 is 9.80 Å². The summed E-state index contributed by atoms with van der Waals surface area (Å²) in [5, 5.41) is 8.14. The summed E-state index contributed by atoms with van der Waals surface area (Å²) in [5.74, 6) is 0.0771. The summed E-state index contributed by atoms with van der Waals surface area (Å²) in [5.41, 5.74) is 0.780. The highest BCUT2D eigenvalue weighted by Gasteiger charge is 2.49. The number of aromatic nitrogens is 3. The van der Waals surface area contributed by atoms with Crippen LogP contribution in [0.25, 0.3) is 5.69 Å². The van der Waals surface area contributed by atoms with Crippen molar-refractivity contribution in [3.05, 3.63) is 42.2 Å². The second-order valence-corrected chi connectivity index (χ2v) is 7.54. The van der Waals surface area contributed by atoms with Gasteiger partial charge in [0.05, 0.1) is 17.3 Å². The summed E-state index contributed by atoms with van der Waals surface area (Å²) in [6.07, 6.45) is 5.25. The Bertz CT molecular complexity index is 832. The summed E-state index contributed by atoms with van der Waals surface area (Å²) < 4.78 is 1.60. The van der Waals surface area contributed by atoms with Gasteiger partial charge in [-0.15, -0.1) is 5.10 Å². The van der Waals surface area contributed by atoms with Crippen molar-refractivity contribution in [2.45, 2.75) is 32.6 Å². The summed E-state index contributed by atoms with van der Waals surface area (Å²) in [6, 6.07) is 9.59. The van der Waals surface area contributed by atoms with Crippen LogP contribution in [0.1, 0.15) is 43.1 Å². The fraction of sp³-hybridized carbons (Fsp3) is 0.500. The molecule has 27 heavy (non-hydrogen) atoms. The van der Waals surface area contributed by atoms with Gasteiger partial charge in [0, 0.05) is 26.2 Å². The highest BCUT2D eigenvalue weighted by atomic mass is 16.2. The molecule has 2 aromatic rings. The van der Waals surface area contributed by atoms with Crippen LogP contribution in [-0.2, 0) is 4.79 Å². The molecule has 142 valence electrons. The van der Waals surface area contributed by atoms with Gasteiger partial charge in [0.15, 0.2) is 5.69 Å². The third-order valence-corrected chi connectivity index (χ3v) is 5.69. The Hall–Kier alpha value is -2.70. The van der Waals surface area contributed by atoms with Crippen LogP contribution in [0.5, 0.6) is 0 Å². The SMILES string of the molecule is CCCN1CCCC2(CCN(C(=O)c3cn(-c4ccccc4)nn3)C2)C1=O. The number of likely N-dealkylation sites (tertiary alicyclic amines) is 2. The lowest BCUT2D eigenvalue weighted by atomic mass is 9.78. The Morgan fingerprint density at radius 3 is 2.78 bits per heavy atom. The number of nitrogens with zero attached hydrogens (tertiary/aromatic N) is 5. The number of piperidine rings is 1. The molecule has 0 saturated carbocycles. The largest absolute Gasteiger partial charge is 0.342 e. The molecule has 1 aromatic carbocycles. The van der Waals surface area contributed by atoms with E-state index < -0.39 is 5.41 Å². The van der Waals surface area contributed by atoms with Gasteiger partial charge in [0.2, 0.25) is 5.91 Å². The van der Waals surface area contributed by atoms with E-state index in [0.717, 1.165) is 44.5 Å². The van der Waals surface area contributed by atoms with Crippen molar-refractivity contribution in [2.24, 2.45) is 5.41 Å².